The minimum Gasteiger partial charge on any atom is -0.380 e. The molecular weight excluding hydrogens is 180 g/mol. The summed E-state index contributed by atoms with van der Waals surface area (Å²) >= 11 is 0. The van der Waals surface area contributed by atoms with Crippen molar-refractivity contribution < 1.29 is 9.53 Å². The highest BCUT2D eigenvalue weighted by atomic mass is 16.5. The molecule has 1 spiro atoms. The number of carbonyl (C=O) groups excluding carboxylic acids is 1. The molecule has 0 unspecified atom stereocenters. The summed E-state index contributed by atoms with van der Waals surface area (Å²) in [6, 6.07) is -0.228. The van der Waals surface area contributed by atoms with Crippen molar-refractivity contribution in [2.24, 2.45) is 17.1 Å². The van der Waals surface area contributed by atoms with E-state index < -0.39 is 0 Å². The summed E-state index contributed by atoms with van der Waals surface area (Å²) in [5.41, 5.74) is 6.18. The number of carbonyl (C=O) groups is 1. The number of amides is 1. The number of nitrogens with two attached hydrogens (primary N) is 1. The van der Waals surface area contributed by atoms with Crippen LogP contribution in [0.5, 0.6) is 0 Å². The molecule has 1 atom stereocenters. The third kappa shape index (κ3) is 1.17. The van der Waals surface area contributed by atoms with Crippen LogP contribution in [-0.2, 0) is 9.53 Å². The second kappa shape index (κ2) is 2.70. The van der Waals surface area contributed by atoms with Gasteiger partial charge in [0.15, 0.2) is 0 Å². The lowest BCUT2D eigenvalue weighted by atomic mass is 9.77. The Morgan fingerprint density at radius 1 is 1.43 bits per heavy atom. The Bertz CT molecular complexity index is 263. The van der Waals surface area contributed by atoms with Crippen molar-refractivity contribution in [3.8, 4) is 0 Å². The average Bonchev–Trinajstić information content (AvgIpc) is 2.79. The fourth-order valence-electron chi connectivity index (χ4n) is 2.36. The maximum Gasteiger partial charge on any atom is 0.239 e. The van der Waals surface area contributed by atoms with Crippen molar-refractivity contribution in [3.63, 3.8) is 0 Å². The zero-order valence-electron chi connectivity index (χ0n) is 8.24. The molecule has 1 amide bonds. The van der Waals surface area contributed by atoms with Gasteiger partial charge in [-0.05, 0) is 18.8 Å². The van der Waals surface area contributed by atoms with Gasteiger partial charge in [0.05, 0.1) is 24.7 Å². The minimum absolute atomic E-state index is 0.157. The van der Waals surface area contributed by atoms with Crippen LogP contribution in [0.1, 0.15) is 12.8 Å². The molecular formula is C10H16N2O2. The van der Waals surface area contributed by atoms with Gasteiger partial charge >= 0.3 is 0 Å². The maximum absolute atomic E-state index is 11.8. The van der Waals surface area contributed by atoms with Gasteiger partial charge in [0, 0.05) is 13.1 Å². The quantitative estimate of drug-likeness (QED) is 0.652. The van der Waals surface area contributed by atoms with Gasteiger partial charge in [-0.1, -0.05) is 0 Å². The summed E-state index contributed by atoms with van der Waals surface area (Å²) in [6.45, 7) is 3.39. The SMILES string of the molecule is N[C@@H](C(=O)N1CC2(COC2)C1)C1CC1. The first-order valence-electron chi connectivity index (χ1n) is 5.32. The zero-order valence-corrected chi connectivity index (χ0v) is 8.24. The van der Waals surface area contributed by atoms with Crippen molar-refractivity contribution in [2.75, 3.05) is 26.3 Å². The Hall–Kier alpha value is -0.610. The van der Waals surface area contributed by atoms with E-state index in [0.29, 0.717) is 11.3 Å². The van der Waals surface area contributed by atoms with Crippen LogP contribution in [-0.4, -0.2) is 43.2 Å². The van der Waals surface area contributed by atoms with E-state index in [-0.39, 0.29) is 11.9 Å². The fraction of sp³-hybridized carbons (Fsp3) is 0.900. The highest BCUT2D eigenvalue weighted by Gasteiger charge is 2.52. The number of rotatable bonds is 2. The van der Waals surface area contributed by atoms with Gasteiger partial charge in [0.25, 0.3) is 0 Å². The molecule has 0 radical (unpaired) electrons. The lowest BCUT2D eigenvalue weighted by molar-refractivity contribution is -0.196. The van der Waals surface area contributed by atoms with Gasteiger partial charge < -0.3 is 15.4 Å². The first-order chi connectivity index (χ1) is 6.70. The topological polar surface area (TPSA) is 55.6 Å². The largest absolute Gasteiger partial charge is 0.380 e. The standard InChI is InChI=1S/C10H16N2O2/c11-8(7-1-2-7)9(13)12-3-10(4-12)5-14-6-10/h7-8H,1-6,11H2/t8-/m1/s1. The molecule has 3 aliphatic rings. The predicted molar refractivity (Wildman–Crippen MR) is 50.5 cm³/mol. The number of ether oxygens (including phenoxy) is 1. The van der Waals surface area contributed by atoms with Crippen LogP contribution >= 0.6 is 0 Å². The number of likely N-dealkylation sites (tertiary alicyclic amines) is 1. The van der Waals surface area contributed by atoms with E-state index in [0.717, 1.165) is 39.1 Å². The molecule has 0 bridgehead atoms. The highest BCUT2D eigenvalue weighted by molar-refractivity contribution is 5.83. The van der Waals surface area contributed by atoms with Crippen molar-refractivity contribution >= 4 is 5.91 Å². The molecule has 2 heterocycles. The second-order valence-electron chi connectivity index (χ2n) is 5.05. The smallest absolute Gasteiger partial charge is 0.239 e. The lowest BCUT2D eigenvalue weighted by Gasteiger charge is -2.55. The average molecular weight is 196 g/mol. The molecule has 2 saturated heterocycles. The second-order valence-corrected chi connectivity index (χ2v) is 5.05. The zero-order chi connectivity index (χ0) is 9.76. The predicted octanol–water partition coefficient (Wildman–Crippen LogP) is -0.418. The molecule has 3 rings (SSSR count). The van der Waals surface area contributed by atoms with E-state index in [4.69, 9.17) is 10.5 Å². The molecule has 0 aromatic rings. The summed E-state index contributed by atoms with van der Waals surface area (Å²) in [7, 11) is 0. The van der Waals surface area contributed by atoms with Crippen molar-refractivity contribution in [2.45, 2.75) is 18.9 Å². The Balaban J connectivity index is 1.54. The third-order valence-corrected chi connectivity index (χ3v) is 3.60. The van der Waals surface area contributed by atoms with Crippen LogP contribution < -0.4 is 5.73 Å². The molecule has 4 heteroatoms. The molecule has 14 heavy (non-hydrogen) atoms. The first kappa shape index (κ1) is 8.68. The number of nitrogens with zero attached hydrogens (tertiary/aromatic N) is 1. The van der Waals surface area contributed by atoms with Gasteiger partial charge in [0.1, 0.15) is 0 Å². The Morgan fingerprint density at radius 2 is 2.07 bits per heavy atom. The first-order valence-corrected chi connectivity index (χ1v) is 5.32. The summed E-state index contributed by atoms with van der Waals surface area (Å²) < 4.78 is 5.16. The van der Waals surface area contributed by atoms with Crippen LogP contribution in [0.25, 0.3) is 0 Å². The van der Waals surface area contributed by atoms with Gasteiger partial charge in [-0.3, -0.25) is 4.79 Å². The number of hydrogen-bond donors (Lipinski definition) is 1. The molecule has 4 nitrogen and oxygen atoms in total. The van der Waals surface area contributed by atoms with Gasteiger partial charge in [-0.2, -0.15) is 0 Å². The van der Waals surface area contributed by atoms with E-state index in [9.17, 15) is 4.79 Å². The van der Waals surface area contributed by atoms with Crippen molar-refractivity contribution in [1.82, 2.24) is 4.90 Å². The van der Waals surface area contributed by atoms with E-state index in [2.05, 4.69) is 0 Å². The molecule has 2 aliphatic heterocycles. The van der Waals surface area contributed by atoms with E-state index in [1.54, 1.807) is 0 Å². The Kier molecular flexibility index (Phi) is 1.67. The van der Waals surface area contributed by atoms with Crippen LogP contribution in [0.2, 0.25) is 0 Å². The molecule has 0 aromatic heterocycles. The third-order valence-electron chi connectivity index (χ3n) is 3.60. The lowest BCUT2D eigenvalue weighted by Crippen LogP contribution is -2.69. The molecule has 3 fully saturated rings. The van der Waals surface area contributed by atoms with Crippen LogP contribution in [0, 0.1) is 11.3 Å². The fourth-order valence-corrected chi connectivity index (χ4v) is 2.36. The van der Waals surface area contributed by atoms with E-state index >= 15 is 0 Å². The number of hydrogen-bond acceptors (Lipinski definition) is 3. The normalized spacial score (nSPS) is 30.8. The molecule has 78 valence electrons. The summed E-state index contributed by atoms with van der Waals surface area (Å²) in [5.74, 6) is 0.627. The van der Waals surface area contributed by atoms with E-state index in [1.165, 1.54) is 0 Å². The van der Waals surface area contributed by atoms with Gasteiger partial charge in [0.2, 0.25) is 5.91 Å². The maximum atomic E-state index is 11.8. The minimum atomic E-state index is -0.228. The molecule has 2 N–H and O–H groups in total. The summed E-state index contributed by atoms with van der Waals surface area (Å²) in [6.07, 6.45) is 2.27. The Labute approximate surface area is 83.4 Å². The molecule has 1 aliphatic carbocycles. The molecule has 1 saturated carbocycles. The highest BCUT2D eigenvalue weighted by Crippen LogP contribution is 2.39. The molecule has 0 aromatic carbocycles. The monoisotopic (exact) mass is 196 g/mol. The van der Waals surface area contributed by atoms with Gasteiger partial charge in [-0.15, -0.1) is 0 Å². The van der Waals surface area contributed by atoms with Gasteiger partial charge in [-0.25, -0.2) is 0 Å². The van der Waals surface area contributed by atoms with E-state index in [1.807, 2.05) is 4.90 Å². The van der Waals surface area contributed by atoms with Crippen molar-refractivity contribution in [3.05, 3.63) is 0 Å². The Morgan fingerprint density at radius 3 is 2.50 bits per heavy atom. The summed E-state index contributed by atoms with van der Waals surface area (Å²) in [5, 5.41) is 0. The van der Waals surface area contributed by atoms with Crippen molar-refractivity contribution in [1.29, 1.82) is 0 Å². The van der Waals surface area contributed by atoms with Crippen LogP contribution in [0.15, 0.2) is 0 Å². The van der Waals surface area contributed by atoms with Crippen LogP contribution in [0.4, 0.5) is 0 Å². The van der Waals surface area contributed by atoms with Crippen LogP contribution in [0.3, 0.4) is 0 Å². The summed E-state index contributed by atoms with van der Waals surface area (Å²) in [4.78, 5) is 13.7.